The lowest BCUT2D eigenvalue weighted by molar-refractivity contribution is -0.120. The Kier molecular flexibility index (Phi) is 4.74. The molecule has 0 aliphatic carbocycles. The summed E-state index contributed by atoms with van der Waals surface area (Å²) in [5, 5.41) is 10.9. The summed E-state index contributed by atoms with van der Waals surface area (Å²) in [6, 6.07) is 10.8. The lowest BCUT2D eigenvalue weighted by atomic mass is 10.0. The first-order chi connectivity index (χ1) is 11.7. The van der Waals surface area contributed by atoms with Crippen LogP contribution in [0.2, 0.25) is 0 Å². The molecule has 0 fully saturated rings. The first-order valence-electron chi connectivity index (χ1n) is 8.00. The number of nitrogens with zero attached hydrogens (tertiary/aromatic N) is 2. The molecule has 0 aliphatic heterocycles. The molecule has 0 saturated heterocycles. The van der Waals surface area contributed by atoms with Crippen molar-refractivity contribution in [2.24, 2.45) is 5.92 Å². The van der Waals surface area contributed by atoms with Crippen molar-refractivity contribution in [3.8, 4) is 23.1 Å². The van der Waals surface area contributed by atoms with Crippen LogP contribution in [0.25, 0.3) is 23.1 Å². The molecule has 2 aromatic heterocycles. The van der Waals surface area contributed by atoms with Gasteiger partial charge in [-0.25, -0.2) is 0 Å². The monoisotopic (exact) mass is 325 g/mol. The summed E-state index contributed by atoms with van der Waals surface area (Å²) in [7, 11) is 0. The van der Waals surface area contributed by atoms with Crippen LogP contribution in [-0.2, 0) is 4.79 Å². The molecule has 1 amide bonds. The molecule has 6 nitrogen and oxygen atoms in total. The van der Waals surface area contributed by atoms with Crippen molar-refractivity contribution in [2.75, 3.05) is 5.32 Å². The summed E-state index contributed by atoms with van der Waals surface area (Å²) in [6.07, 6.45) is 3.21. The third kappa shape index (κ3) is 3.37. The third-order valence-electron chi connectivity index (χ3n) is 3.91. The number of carbonyl (C=O) groups is 1. The van der Waals surface area contributed by atoms with Crippen LogP contribution < -0.4 is 5.32 Å². The van der Waals surface area contributed by atoms with Gasteiger partial charge in [0.25, 0.3) is 5.89 Å². The van der Waals surface area contributed by atoms with Crippen molar-refractivity contribution >= 4 is 11.6 Å². The second-order valence-corrected chi connectivity index (χ2v) is 5.47. The second-order valence-electron chi connectivity index (χ2n) is 5.47. The topological polar surface area (TPSA) is 81.2 Å². The van der Waals surface area contributed by atoms with Gasteiger partial charge in [0.1, 0.15) is 0 Å². The van der Waals surface area contributed by atoms with Crippen molar-refractivity contribution in [1.82, 2.24) is 10.2 Å². The van der Waals surface area contributed by atoms with Crippen LogP contribution in [0.15, 0.2) is 51.5 Å². The highest BCUT2D eigenvalue weighted by molar-refractivity contribution is 5.92. The molecule has 0 spiro atoms. The molecule has 0 saturated carbocycles. The Hall–Kier alpha value is -2.89. The molecule has 0 atom stereocenters. The van der Waals surface area contributed by atoms with Crippen LogP contribution >= 0.6 is 0 Å². The van der Waals surface area contributed by atoms with Crippen molar-refractivity contribution in [1.29, 1.82) is 0 Å². The van der Waals surface area contributed by atoms with E-state index in [4.69, 9.17) is 8.83 Å². The van der Waals surface area contributed by atoms with Gasteiger partial charge in [-0.1, -0.05) is 13.8 Å². The maximum atomic E-state index is 12.1. The number of aromatic nitrogens is 2. The normalized spacial score (nSPS) is 11.0. The third-order valence-corrected chi connectivity index (χ3v) is 3.91. The van der Waals surface area contributed by atoms with Gasteiger partial charge in [-0.2, -0.15) is 0 Å². The van der Waals surface area contributed by atoms with Gasteiger partial charge < -0.3 is 14.2 Å². The standard InChI is InChI=1S/C18H19N3O3/c1-3-12(4-2)16(22)19-14-9-7-13(8-10-14)17-20-21-18(24-17)15-6-5-11-23-15/h5-12H,3-4H2,1-2H3,(H,19,22). The maximum absolute atomic E-state index is 12.1. The van der Waals surface area contributed by atoms with Crippen LogP contribution in [-0.4, -0.2) is 16.1 Å². The minimum absolute atomic E-state index is 0.0384. The van der Waals surface area contributed by atoms with E-state index >= 15 is 0 Å². The van der Waals surface area contributed by atoms with Gasteiger partial charge in [-0.05, 0) is 49.2 Å². The smallest absolute Gasteiger partial charge is 0.283 e. The first-order valence-corrected chi connectivity index (χ1v) is 8.00. The quantitative estimate of drug-likeness (QED) is 0.727. The highest BCUT2D eigenvalue weighted by Gasteiger charge is 2.15. The summed E-state index contributed by atoms with van der Waals surface area (Å²) >= 11 is 0. The van der Waals surface area contributed by atoms with E-state index in [1.54, 1.807) is 18.4 Å². The SMILES string of the molecule is CCC(CC)C(=O)Nc1ccc(-c2nnc(-c3ccco3)o2)cc1. The Morgan fingerprint density at radius 1 is 1.08 bits per heavy atom. The Bertz CT molecular complexity index is 787. The predicted molar refractivity (Wildman–Crippen MR) is 90.1 cm³/mol. The Morgan fingerprint density at radius 3 is 2.42 bits per heavy atom. The van der Waals surface area contributed by atoms with Crippen LogP contribution in [0.3, 0.4) is 0 Å². The number of hydrogen-bond donors (Lipinski definition) is 1. The van der Waals surface area contributed by atoms with Gasteiger partial charge in [0.2, 0.25) is 11.8 Å². The molecule has 1 aromatic carbocycles. The molecule has 0 radical (unpaired) electrons. The van der Waals surface area contributed by atoms with Crippen LogP contribution in [0.1, 0.15) is 26.7 Å². The summed E-state index contributed by atoms with van der Waals surface area (Å²) in [5.74, 6) is 1.35. The van der Waals surface area contributed by atoms with E-state index < -0.39 is 0 Å². The van der Waals surface area contributed by atoms with Crippen LogP contribution in [0, 0.1) is 5.92 Å². The molecule has 3 rings (SSSR count). The second kappa shape index (κ2) is 7.12. The lowest BCUT2D eigenvalue weighted by Gasteiger charge is -2.12. The predicted octanol–water partition coefficient (Wildman–Crippen LogP) is 4.37. The van der Waals surface area contributed by atoms with Crippen LogP contribution in [0.4, 0.5) is 5.69 Å². The Morgan fingerprint density at radius 2 is 1.79 bits per heavy atom. The van der Waals surface area contributed by atoms with Crippen molar-refractivity contribution in [3.05, 3.63) is 42.7 Å². The molecule has 124 valence electrons. The first kappa shape index (κ1) is 16.0. The van der Waals surface area contributed by atoms with E-state index in [1.807, 2.05) is 38.1 Å². The molecule has 1 N–H and O–H groups in total. The van der Waals surface area contributed by atoms with Crippen molar-refractivity contribution < 1.29 is 13.6 Å². The zero-order chi connectivity index (χ0) is 16.9. The van der Waals surface area contributed by atoms with Gasteiger partial charge in [0.05, 0.1) is 6.26 Å². The van der Waals surface area contributed by atoms with Crippen molar-refractivity contribution in [3.63, 3.8) is 0 Å². The summed E-state index contributed by atoms with van der Waals surface area (Å²) in [6.45, 7) is 4.03. The number of hydrogen-bond acceptors (Lipinski definition) is 5. The van der Waals surface area contributed by atoms with Gasteiger partial charge in [-0.15, -0.1) is 10.2 Å². The van der Waals surface area contributed by atoms with E-state index in [2.05, 4.69) is 15.5 Å². The highest BCUT2D eigenvalue weighted by atomic mass is 16.4. The molecule has 0 bridgehead atoms. The number of amides is 1. The minimum Gasteiger partial charge on any atom is -0.459 e. The maximum Gasteiger partial charge on any atom is 0.283 e. The van der Waals surface area contributed by atoms with E-state index in [0.29, 0.717) is 17.5 Å². The van der Waals surface area contributed by atoms with Gasteiger partial charge >= 0.3 is 0 Å². The average Bonchev–Trinajstić information content (AvgIpc) is 3.28. The number of carbonyl (C=O) groups excluding carboxylic acids is 1. The Labute approximate surface area is 139 Å². The number of rotatable bonds is 6. The van der Waals surface area contributed by atoms with Crippen molar-refractivity contribution in [2.45, 2.75) is 26.7 Å². The van der Waals surface area contributed by atoms with E-state index in [-0.39, 0.29) is 11.8 Å². The fourth-order valence-electron chi connectivity index (χ4n) is 2.44. The molecular formula is C18H19N3O3. The lowest BCUT2D eigenvalue weighted by Crippen LogP contribution is -2.21. The molecule has 2 heterocycles. The number of furan rings is 1. The molecular weight excluding hydrogens is 306 g/mol. The molecule has 24 heavy (non-hydrogen) atoms. The van der Waals surface area contributed by atoms with Gasteiger partial charge in [0, 0.05) is 17.2 Å². The largest absolute Gasteiger partial charge is 0.459 e. The Balaban J connectivity index is 1.72. The minimum atomic E-state index is 0.0384. The highest BCUT2D eigenvalue weighted by Crippen LogP contribution is 2.25. The number of anilines is 1. The fourth-order valence-corrected chi connectivity index (χ4v) is 2.44. The van der Waals surface area contributed by atoms with E-state index in [1.165, 1.54) is 0 Å². The molecule has 3 aromatic rings. The molecule has 0 aliphatic rings. The molecule has 0 unspecified atom stereocenters. The zero-order valence-electron chi connectivity index (χ0n) is 13.7. The van der Waals surface area contributed by atoms with E-state index in [9.17, 15) is 4.79 Å². The zero-order valence-corrected chi connectivity index (χ0v) is 13.7. The van der Waals surface area contributed by atoms with E-state index in [0.717, 1.165) is 24.1 Å². The average molecular weight is 325 g/mol. The number of nitrogens with one attached hydrogen (secondary N) is 1. The summed E-state index contributed by atoms with van der Waals surface area (Å²) < 4.78 is 10.8. The van der Waals surface area contributed by atoms with Gasteiger partial charge in [0.15, 0.2) is 5.76 Å². The summed E-state index contributed by atoms with van der Waals surface area (Å²) in [4.78, 5) is 12.1. The van der Waals surface area contributed by atoms with Gasteiger partial charge in [-0.3, -0.25) is 4.79 Å². The number of benzene rings is 1. The van der Waals surface area contributed by atoms with Crippen LogP contribution in [0.5, 0.6) is 0 Å². The molecule has 6 heteroatoms. The fraction of sp³-hybridized carbons (Fsp3) is 0.278. The summed E-state index contributed by atoms with van der Waals surface area (Å²) in [5.41, 5.74) is 1.53.